The third-order valence-electron chi connectivity index (χ3n) is 4.95. The third kappa shape index (κ3) is 4.93. The van der Waals surface area contributed by atoms with E-state index in [0.29, 0.717) is 28.3 Å². The highest BCUT2D eigenvalue weighted by Crippen LogP contribution is 2.37. The molecule has 0 amide bonds. The Morgan fingerprint density at radius 2 is 1.94 bits per heavy atom. The summed E-state index contributed by atoms with van der Waals surface area (Å²) in [7, 11) is 0. The predicted octanol–water partition coefficient (Wildman–Crippen LogP) is 4.33. The van der Waals surface area contributed by atoms with Crippen molar-refractivity contribution in [2.75, 3.05) is 11.9 Å². The van der Waals surface area contributed by atoms with Gasteiger partial charge in [-0.2, -0.15) is 19.0 Å². The SMILES string of the molecule is CCOC(=O)c1c(C)nn(-c2cc(Nc3n[nH]c(-c4ccc(F)cc4)c3OC(F)F)ncn2)c1C. The summed E-state index contributed by atoms with van der Waals surface area (Å²) >= 11 is 0. The van der Waals surface area contributed by atoms with E-state index in [1.807, 2.05) is 0 Å². The van der Waals surface area contributed by atoms with Crippen LogP contribution in [0, 0.1) is 19.7 Å². The number of carbonyl (C=O) groups is 1. The summed E-state index contributed by atoms with van der Waals surface area (Å²) in [6, 6.07) is 6.67. The molecule has 0 saturated carbocycles. The number of aryl methyl sites for hydroxylation is 1. The molecular formula is C22H20F3N7O3. The number of ether oxygens (including phenoxy) is 2. The lowest BCUT2D eigenvalue weighted by molar-refractivity contribution is -0.0489. The third-order valence-corrected chi connectivity index (χ3v) is 4.95. The van der Waals surface area contributed by atoms with Gasteiger partial charge in [0.25, 0.3) is 0 Å². The second-order valence-electron chi connectivity index (χ2n) is 7.23. The van der Waals surface area contributed by atoms with Gasteiger partial charge in [0.15, 0.2) is 17.4 Å². The van der Waals surface area contributed by atoms with Gasteiger partial charge in [-0.3, -0.25) is 5.10 Å². The molecule has 0 unspecified atom stereocenters. The molecule has 2 N–H and O–H groups in total. The monoisotopic (exact) mass is 487 g/mol. The molecule has 0 fully saturated rings. The van der Waals surface area contributed by atoms with Gasteiger partial charge in [0.1, 0.15) is 29.2 Å². The number of benzene rings is 1. The minimum atomic E-state index is -3.13. The quantitative estimate of drug-likeness (QED) is 0.353. The number of aromatic amines is 1. The number of alkyl halides is 2. The summed E-state index contributed by atoms with van der Waals surface area (Å²) in [4.78, 5) is 20.6. The van der Waals surface area contributed by atoms with Crippen molar-refractivity contribution >= 4 is 17.6 Å². The Kier molecular flexibility index (Phi) is 6.66. The first-order valence-corrected chi connectivity index (χ1v) is 10.4. The van der Waals surface area contributed by atoms with Crippen LogP contribution in [0.25, 0.3) is 17.1 Å². The Morgan fingerprint density at radius 1 is 1.20 bits per heavy atom. The summed E-state index contributed by atoms with van der Waals surface area (Å²) in [5.74, 6) is -0.829. The van der Waals surface area contributed by atoms with E-state index in [9.17, 15) is 18.0 Å². The highest BCUT2D eigenvalue weighted by atomic mass is 19.3. The summed E-state index contributed by atoms with van der Waals surface area (Å²) in [5.41, 5.74) is 1.80. The molecule has 4 aromatic rings. The fourth-order valence-corrected chi connectivity index (χ4v) is 3.45. The maximum absolute atomic E-state index is 13.3. The first kappa shape index (κ1) is 23.7. The minimum Gasteiger partial charge on any atom is -0.462 e. The number of nitrogens with zero attached hydrogens (tertiary/aromatic N) is 5. The molecule has 0 bridgehead atoms. The van der Waals surface area contributed by atoms with E-state index in [1.54, 1.807) is 20.8 Å². The Hall–Kier alpha value is -4.42. The number of nitrogens with one attached hydrogen (secondary N) is 2. The van der Waals surface area contributed by atoms with Crippen LogP contribution in [0.2, 0.25) is 0 Å². The van der Waals surface area contributed by atoms with Crippen LogP contribution in [-0.2, 0) is 4.74 Å². The number of hydrogen-bond acceptors (Lipinski definition) is 8. The second kappa shape index (κ2) is 9.83. The molecular weight excluding hydrogens is 467 g/mol. The molecule has 0 saturated heterocycles. The van der Waals surface area contributed by atoms with E-state index in [4.69, 9.17) is 4.74 Å². The van der Waals surface area contributed by atoms with E-state index < -0.39 is 18.4 Å². The lowest BCUT2D eigenvalue weighted by atomic mass is 10.1. The van der Waals surface area contributed by atoms with Crippen LogP contribution in [0.3, 0.4) is 0 Å². The average molecular weight is 487 g/mol. The molecule has 0 aliphatic carbocycles. The van der Waals surface area contributed by atoms with Gasteiger partial charge in [-0.15, -0.1) is 0 Å². The van der Waals surface area contributed by atoms with Crippen LogP contribution < -0.4 is 10.1 Å². The summed E-state index contributed by atoms with van der Waals surface area (Å²) < 4.78 is 50.8. The number of anilines is 2. The first-order chi connectivity index (χ1) is 16.8. The number of carbonyl (C=O) groups excluding carboxylic acids is 1. The highest BCUT2D eigenvalue weighted by molar-refractivity contribution is 5.92. The van der Waals surface area contributed by atoms with Crippen molar-refractivity contribution in [1.82, 2.24) is 29.9 Å². The van der Waals surface area contributed by atoms with E-state index in [0.717, 1.165) is 0 Å². The van der Waals surface area contributed by atoms with E-state index in [-0.39, 0.29) is 29.7 Å². The van der Waals surface area contributed by atoms with Crippen LogP contribution in [0.4, 0.5) is 24.8 Å². The van der Waals surface area contributed by atoms with Crippen molar-refractivity contribution in [2.24, 2.45) is 0 Å². The molecule has 3 heterocycles. The van der Waals surface area contributed by atoms with Crippen molar-refractivity contribution in [2.45, 2.75) is 27.4 Å². The fourth-order valence-electron chi connectivity index (χ4n) is 3.45. The zero-order chi connectivity index (χ0) is 25.1. The van der Waals surface area contributed by atoms with E-state index in [1.165, 1.54) is 41.3 Å². The van der Waals surface area contributed by atoms with Gasteiger partial charge in [0, 0.05) is 11.6 Å². The summed E-state index contributed by atoms with van der Waals surface area (Å²) in [6.07, 6.45) is 1.24. The number of esters is 1. The fraction of sp³-hybridized carbons (Fsp3) is 0.227. The van der Waals surface area contributed by atoms with Gasteiger partial charge in [-0.1, -0.05) is 0 Å². The van der Waals surface area contributed by atoms with Crippen molar-refractivity contribution in [1.29, 1.82) is 0 Å². The van der Waals surface area contributed by atoms with Crippen LogP contribution >= 0.6 is 0 Å². The Labute approximate surface area is 197 Å². The molecule has 3 aromatic heterocycles. The van der Waals surface area contributed by atoms with E-state index >= 15 is 0 Å². The zero-order valence-electron chi connectivity index (χ0n) is 18.8. The topological polar surface area (TPSA) is 120 Å². The molecule has 0 atom stereocenters. The molecule has 35 heavy (non-hydrogen) atoms. The minimum absolute atomic E-state index is 0.0742. The number of hydrogen-bond donors (Lipinski definition) is 2. The zero-order valence-corrected chi connectivity index (χ0v) is 18.8. The van der Waals surface area contributed by atoms with Gasteiger partial charge in [0.05, 0.1) is 18.0 Å². The number of halogens is 3. The molecule has 0 aliphatic heterocycles. The van der Waals surface area contributed by atoms with Crippen LogP contribution in [0.5, 0.6) is 5.75 Å². The Morgan fingerprint density at radius 3 is 2.63 bits per heavy atom. The first-order valence-electron chi connectivity index (χ1n) is 10.4. The molecule has 1 aromatic carbocycles. The Balaban J connectivity index is 1.67. The maximum Gasteiger partial charge on any atom is 0.387 e. The number of rotatable bonds is 8. The standard InChI is InChI=1S/C22H20F3N7O3/c1-4-34-21(33)17-11(2)31-32(12(17)3)16-9-15(26-10-27-16)28-20-19(35-22(24)25)18(29-30-20)13-5-7-14(23)8-6-13/h5-10,22H,4H2,1-3H3,(H2,26,27,28,29,30). The van der Waals surface area contributed by atoms with Crippen molar-refractivity contribution in [3.8, 4) is 22.8 Å². The highest BCUT2D eigenvalue weighted by Gasteiger charge is 2.23. The van der Waals surface area contributed by atoms with Crippen molar-refractivity contribution in [3.05, 3.63) is 59.4 Å². The van der Waals surface area contributed by atoms with Crippen LogP contribution in [0.15, 0.2) is 36.7 Å². The van der Waals surface area contributed by atoms with Gasteiger partial charge >= 0.3 is 12.6 Å². The van der Waals surface area contributed by atoms with Crippen molar-refractivity contribution < 1.29 is 27.4 Å². The average Bonchev–Trinajstić information content (AvgIpc) is 3.34. The summed E-state index contributed by atoms with van der Waals surface area (Å²) in [5, 5.41) is 13.8. The van der Waals surface area contributed by atoms with Crippen LogP contribution in [0.1, 0.15) is 28.7 Å². The second-order valence-corrected chi connectivity index (χ2v) is 7.23. The maximum atomic E-state index is 13.3. The van der Waals surface area contributed by atoms with Crippen LogP contribution in [-0.4, -0.2) is 49.1 Å². The molecule has 4 rings (SSSR count). The molecule has 10 nitrogen and oxygen atoms in total. The summed E-state index contributed by atoms with van der Waals surface area (Å²) in [6.45, 7) is 2.16. The smallest absolute Gasteiger partial charge is 0.387 e. The Bertz CT molecular complexity index is 1350. The van der Waals surface area contributed by atoms with Gasteiger partial charge in [0.2, 0.25) is 0 Å². The molecule has 0 aliphatic rings. The number of H-pyrrole nitrogens is 1. The molecule has 0 spiro atoms. The van der Waals surface area contributed by atoms with Gasteiger partial charge < -0.3 is 14.8 Å². The lowest BCUT2D eigenvalue weighted by Crippen LogP contribution is -2.09. The van der Waals surface area contributed by atoms with E-state index in [2.05, 4.69) is 35.3 Å². The predicted molar refractivity (Wildman–Crippen MR) is 118 cm³/mol. The molecule has 182 valence electrons. The number of aromatic nitrogens is 6. The van der Waals surface area contributed by atoms with Crippen molar-refractivity contribution in [3.63, 3.8) is 0 Å². The normalized spacial score (nSPS) is 11.1. The van der Waals surface area contributed by atoms with Gasteiger partial charge in [-0.05, 0) is 45.0 Å². The molecule has 13 heteroatoms. The van der Waals surface area contributed by atoms with Gasteiger partial charge in [-0.25, -0.2) is 23.8 Å². The molecule has 0 radical (unpaired) electrons. The largest absolute Gasteiger partial charge is 0.462 e. The lowest BCUT2D eigenvalue weighted by Gasteiger charge is -2.10.